The topological polar surface area (TPSA) is 81.4 Å². The van der Waals surface area contributed by atoms with Gasteiger partial charge in [0.05, 0.1) is 24.7 Å². The first-order valence-corrected chi connectivity index (χ1v) is 9.41. The summed E-state index contributed by atoms with van der Waals surface area (Å²) in [5.41, 5.74) is 0.653. The fraction of sp³-hybridized carbons (Fsp3) is 0.579. The first kappa shape index (κ1) is 15.9. The Labute approximate surface area is 151 Å². The average molecular weight is 354 g/mol. The molecule has 1 aliphatic carbocycles. The maximum atomic E-state index is 12.6. The van der Waals surface area contributed by atoms with Crippen LogP contribution in [0.4, 0.5) is 0 Å². The lowest BCUT2D eigenvalue weighted by molar-refractivity contribution is 0.0603. The van der Waals surface area contributed by atoms with Gasteiger partial charge < -0.3 is 14.1 Å². The zero-order valence-corrected chi connectivity index (χ0v) is 14.6. The second-order valence-electron chi connectivity index (χ2n) is 7.59. The molecule has 0 radical (unpaired) electrons. The second-order valence-corrected chi connectivity index (χ2v) is 7.59. The van der Waals surface area contributed by atoms with Gasteiger partial charge in [-0.05, 0) is 37.3 Å². The molecule has 2 aromatic heterocycles. The zero-order chi connectivity index (χ0) is 17.5. The minimum atomic E-state index is 0.0611. The van der Waals surface area contributed by atoms with Crippen LogP contribution in [0, 0.1) is 11.8 Å². The quantitative estimate of drug-likeness (QED) is 0.836. The van der Waals surface area contributed by atoms with E-state index in [1.165, 1.54) is 0 Å². The van der Waals surface area contributed by atoms with Crippen LogP contribution in [0.25, 0.3) is 0 Å². The Bertz CT molecular complexity index is 789. The normalized spacial score (nSPS) is 28.2. The van der Waals surface area contributed by atoms with Crippen molar-refractivity contribution in [3.05, 3.63) is 41.9 Å². The highest BCUT2D eigenvalue weighted by molar-refractivity contribution is 5.93. The van der Waals surface area contributed by atoms with E-state index in [1.54, 1.807) is 18.5 Å². The Balaban J connectivity index is 1.22. The number of ether oxygens (including phenoxy) is 1. The molecule has 136 valence electrons. The van der Waals surface area contributed by atoms with Gasteiger partial charge in [-0.2, -0.15) is 0 Å². The first-order chi connectivity index (χ1) is 12.8. The number of pyridine rings is 1. The van der Waals surface area contributed by atoms with Gasteiger partial charge in [0.1, 0.15) is 0 Å². The minimum Gasteiger partial charge on any atom is -0.425 e. The van der Waals surface area contributed by atoms with E-state index in [0.717, 1.165) is 38.2 Å². The highest BCUT2D eigenvalue weighted by Gasteiger charge is 2.42. The molecule has 2 aliphatic heterocycles. The second kappa shape index (κ2) is 6.46. The van der Waals surface area contributed by atoms with Crippen molar-refractivity contribution < 1.29 is 13.9 Å². The van der Waals surface area contributed by atoms with Crippen molar-refractivity contribution in [2.24, 2.45) is 11.8 Å². The van der Waals surface area contributed by atoms with E-state index in [2.05, 4.69) is 15.2 Å². The third-order valence-electron chi connectivity index (χ3n) is 5.78. The SMILES string of the molecule is O=C(c1cccnc1)N1CC[C@@H]2[C@@H](CO[C@H]2Cc2nnc(C3CC3)o2)C1. The standard InChI is InChI=1S/C19H22N4O3/c24-19(13-2-1-6-20-9-13)23-7-5-15-14(10-23)11-25-16(15)8-17-21-22-18(26-17)12-3-4-12/h1-2,6,9,12,14-16H,3-5,7-8,10-11H2/t14-,15-,16+/m1/s1. The molecule has 2 saturated heterocycles. The molecule has 0 bridgehead atoms. The fourth-order valence-electron chi connectivity index (χ4n) is 4.17. The molecule has 4 heterocycles. The van der Waals surface area contributed by atoms with Crippen LogP contribution in [0.5, 0.6) is 0 Å². The maximum Gasteiger partial charge on any atom is 0.255 e. The Hall–Kier alpha value is -2.28. The van der Waals surface area contributed by atoms with Gasteiger partial charge in [0, 0.05) is 37.3 Å². The van der Waals surface area contributed by atoms with Gasteiger partial charge >= 0.3 is 0 Å². The number of amides is 1. The molecule has 3 aliphatic rings. The molecule has 1 saturated carbocycles. The number of hydrogen-bond donors (Lipinski definition) is 0. The Morgan fingerprint density at radius 1 is 1.27 bits per heavy atom. The van der Waals surface area contributed by atoms with Crippen LogP contribution in [-0.2, 0) is 11.2 Å². The summed E-state index contributed by atoms with van der Waals surface area (Å²) in [5.74, 6) is 2.84. The lowest BCUT2D eigenvalue weighted by Crippen LogP contribution is -2.44. The van der Waals surface area contributed by atoms with Crippen LogP contribution in [0.1, 0.15) is 47.3 Å². The van der Waals surface area contributed by atoms with E-state index in [0.29, 0.717) is 42.2 Å². The van der Waals surface area contributed by atoms with Crippen molar-refractivity contribution in [1.82, 2.24) is 20.1 Å². The molecule has 2 aromatic rings. The van der Waals surface area contributed by atoms with Crippen molar-refractivity contribution in [3.8, 4) is 0 Å². The molecule has 7 nitrogen and oxygen atoms in total. The van der Waals surface area contributed by atoms with E-state index in [4.69, 9.17) is 9.15 Å². The third kappa shape index (κ3) is 3.00. The molecule has 1 amide bonds. The molecular formula is C19H22N4O3. The van der Waals surface area contributed by atoms with Crippen LogP contribution in [0.15, 0.2) is 28.9 Å². The van der Waals surface area contributed by atoms with E-state index >= 15 is 0 Å². The van der Waals surface area contributed by atoms with Crippen LogP contribution >= 0.6 is 0 Å². The molecule has 3 atom stereocenters. The van der Waals surface area contributed by atoms with Crippen LogP contribution < -0.4 is 0 Å². The van der Waals surface area contributed by atoms with Crippen LogP contribution in [0.3, 0.4) is 0 Å². The van der Waals surface area contributed by atoms with Gasteiger partial charge in [-0.25, -0.2) is 0 Å². The van der Waals surface area contributed by atoms with Gasteiger partial charge in [0.2, 0.25) is 11.8 Å². The van der Waals surface area contributed by atoms with E-state index in [-0.39, 0.29) is 12.0 Å². The number of hydrogen-bond acceptors (Lipinski definition) is 6. The molecule has 5 rings (SSSR count). The summed E-state index contributed by atoms with van der Waals surface area (Å²) in [4.78, 5) is 18.6. The summed E-state index contributed by atoms with van der Waals surface area (Å²) < 4.78 is 11.8. The van der Waals surface area contributed by atoms with Gasteiger partial charge in [0.25, 0.3) is 5.91 Å². The summed E-state index contributed by atoms with van der Waals surface area (Å²) in [7, 11) is 0. The van der Waals surface area contributed by atoms with E-state index < -0.39 is 0 Å². The van der Waals surface area contributed by atoms with Crippen molar-refractivity contribution in [1.29, 1.82) is 0 Å². The Morgan fingerprint density at radius 2 is 2.19 bits per heavy atom. The summed E-state index contributed by atoms with van der Waals surface area (Å²) in [5, 5.41) is 8.36. The summed E-state index contributed by atoms with van der Waals surface area (Å²) in [6.07, 6.45) is 7.38. The lowest BCUT2D eigenvalue weighted by Gasteiger charge is -2.35. The number of rotatable bonds is 4. The summed E-state index contributed by atoms with van der Waals surface area (Å²) in [6, 6.07) is 3.62. The number of carbonyl (C=O) groups is 1. The predicted octanol–water partition coefficient (Wildman–Crippen LogP) is 2.06. The van der Waals surface area contributed by atoms with Crippen molar-refractivity contribution >= 4 is 5.91 Å². The largest absolute Gasteiger partial charge is 0.425 e. The van der Waals surface area contributed by atoms with Crippen molar-refractivity contribution in [2.45, 2.75) is 37.7 Å². The number of likely N-dealkylation sites (tertiary alicyclic amines) is 1. The average Bonchev–Trinajstić information content (AvgIpc) is 3.31. The molecule has 0 aromatic carbocycles. The highest BCUT2D eigenvalue weighted by Crippen LogP contribution is 2.40. The molecule has 26 heavy (non-hydrogen) atoms. The summed E-state index contributed by atoms with van der Waals surface area (Å²) in [6.45, 7) is 2.19. The molecule has 3 fully saturated rings. The van der Waals surface area contributed by atoms with Crippen molar-refractivity contribution in [3.63, 3.8) is 0 Å². The van der Waals surface area contributed by atoms with Gasteiger partial charge in [-0.1, -0.05) is 0 Å². The maximum absolute atomic E-state index is 12.6. The molecule has 0 N–H and O–H groups in total. The van der Waals surface area contributed by atoms with Crippen LogP contribution in [0.2, 0.25) is 0 Å². The van der Waals surface area contributed by atoms with Crippen LogP contribution in [-0.4, -0.2) is 51.8 Å². The molecule has 0 spiro atoms. The smallest absolute Gasteiger partial charge is 0.255 e. The fourth-order valence-corrected chi connectivity index (χ4v) is 4.17. The summed E-state index contributed by atoms with van der Waals surface area (Å²) >= 11 is 0. The van der Waals surface area contributed by atoms with Gasteiger partial charge in [-0.15, -0.1) is 10.2 Å². The highest BCUT2D eigenvalue weighted by atomic mass is 16.5. The zero-order valence-electron chi connectivity index (χ0n) is 14.6. The molecule has 0 unspecified atom stereocenters. The lowest BCUT2D eigenvalue weighted by atomic mass is 9.83. The van der Waals surface area contributed by atoms with Gasteiger partial charge in [-0.3, -0.25) is 9.78 Å². The number of nitrogens with zero attached hydrogens (tertiary/aromatic N) is 4. The molecule has 7 heteroatoms. The monoisotopic (exact) mass is 354 g/mol. The number of piperidine rings is 1. The van der Waals surface area contributed by atoms with Crippen molar-refractivity contribution in [2.75, 3.05) is 19.7 Å². The first-order valence-electron chi connectivity index (χ1n) is 9.41. The number of aromatic nitrogens is 3. The van der Waals surface area contributed by atoms with E-state index in [9.17, 15) is 4.79 Å². The Kier molecular flexibility index (Phi) is 3.96. The number of carbonyl (C=O) groups excluding carboxylic acids is 1. The van der Waals surface area contributed by atoms with E-state index in [1.807, 2.05) is 11.0 Å². The number of fused-ring (bicyclic) bond motifs is 1. The third-order valence-corrected chi connectivity index (χ3v) is 5.78. The Morgan fingerprint density at radius 3 is 3.00 bits per heavy atom. The minimum absolute atomic E-state index is 0.0611. The molecular weight excluding hydrogens is 332 g/mol. The van der Waals surface area contributed by atoms with Gasteiger partial charge in [0.15, 0.2) is 0 Å². The predicted molar refractivity (Wildman–Crippen MR) is 91.5 cm³/mol.